The molecule has 4 heteroatoms. The van der Waals surface area contributed by atoms with E-state index in [1.807, 2.05) is 30.9 Å². The first kappa shape index (κ1) is 12.6. The maximum atomic E-state index is 6.02. The summed E-state index contributed by atoms with van der Waals surface area (Å²) in [6.07, 6.45) is 6.69. The smallest absolute Gasteiger partial charge is 0.0423 e. The minimum Gasteiger partial charge on any atom is -0.398 e. The molecular weight excluding hydrogens is 254 g/mol. The number of nitrogens with zero attached hydrogens (tertiary/aromatic N) is 1. The van der Waals surface area contributed by atoms with E-state index in [1.165, 1.54) is 18.2 Å². The lowest BCUT2D eigenvalue weighted by Gasteiger charge is -2.16. The van der Waals surface area contributed by atoms with Gasteiger partial charge in [-0.2, -0.15) is 11.8 Å². The van der Waals surface area contributed by atoms with E-state index in [9.17, 15) is 0 Å². The topological polar surface area (TPSA) is 50.9 Å². The Morgan fingerprint density at radius 3 is 2.84 bits per heavy atom. The molecule has 3 rings (SSSR count). The zero-order chi connectivity index (χ0) is 13.5. The third-order valence-corrected chi connectivity index (χ3v) is 5.33. The summed E-state index contributed by atoms with van der Waals surface area (Å²) in [5.74, 6) is 0. The molecule has 2 aromatic rings. The van der Waals surface area contributed by atoms with Crippen LogP contribution in [0.3, 0.4) is 0 Å². The Balaban J connectivity index is 1.94. The third-order valence-electron chi connectivity index (χ3n) is 3.91. The minimum absolute atomic E-state index is 0.454. The lowest BCUT2D eigenvalue weighted by atomic mass is 10.1. The Morgan fingerprint density at radius 2 is 2.16 bits per heavy atom. The quantitative estimate of drug-likeness (QED) is 0.838. The van der Waals surface area contributed by atoms with E-state index in [2.05, 4.69) is 28.7 Å². The Kier molecular flexibility index (Phi) is 3.05. The number of aromatic nitrogens is 1. The number of nitrogens with two attached hydrogens (primary N) is 1. The first-order valence-electron chi connectivity index (χ1n) is 6.57. The number of pyridine rings is 1. The van der Waals surface area contributed by atoms with E-state index in [4.69, 9.17) is 5.73 Å². The molecule has 3 N–H and O–H groups in total. The van der Waals surface area contributed by atoms with Gasteiger partial charge in [0.1, 0.15) is 0 Å². The molecule has 100 valence electrons. The highest BCUT2D eigenvalue weighted by Gasteiger charge is 2.41. The second kappa shape index (κ2) is 4.60. The second-order valence-electron chi connectivity index (χ2n) is 5.31. The maximum absolute atomic E-state index is 6.02. The molecular formula is C15H19N3S. The molecule has 1 aromatic heterocycles. The molecule has 0 bridgehead atoms. The SMILES string of the molecule is CSC1(CNc2ccc(N)c3cnc(C)cc23)CC1. The first-order chi connectivity index (χ1) is 9.13. The lowest BCUT2D eigenvalue weighted by molar-refractivity contribution is 0.951. The van der Waals surface area contributed by atoms with E-state index in [-0.39, 0.29) is 0 Å². The molecule has 0 amide bonds. The molecule has 1 saturated carbocycles. The van der Waals surface area contributed by atoms with Crippen LogP contribution < -0.4 is 11.1 Å². The zero-order valence-corrected chi connectivity index (χ0v) is 12.2. The van der Waals surface area contributed by atoms with Crippen molar-refractivity contribution in [2.45, 2.75) is 24.5 Å². The van der Waals surface area contributed by atoms with Crippen molar-refractivity contribution in [1.29, 1.82) is 0 Å². The molecule has 1 heterocycles. The molecule has 0 spiro atoms. The number of nitrogen functional groups attached to an aromatic ring is 1. The van der Waals surface area contributed by atoms with Crippen LogP contribution in [0.4, 0.5) is 11.4 Å². The number of fused-ring (bicyclic) bond motifs is 1. The predicted octanol–water partition coefficient (Wildman–Crippen LogP) is 3.43. The van der Waals surface area contributed by atoms with Crippen LogP contribution in [0, 0.1) is 6.92 Å². The maximum Gasteiger partial charge on any atom is 0.0423 e. The van der Waals surface area contributed by atoms with Crippen LogP contribution in [0.1, 0.15) is 18.5 Å². The van der Waals surface area contributed by atoms with Gasteiger partial charge in [-0.15, -0.1) is 0 Å². The van der Waals surface area contributed by atoms with Gasteiger partial charge in [-0.3, -0.25) is 4.98 Å². The van der Waals surface area contributed by atoms with Crippen LogP contribution >= 0.6 is 11.8 Å². The Hall–Kier alpha value is -1.42. The molecule has 1 fully saturated rings. The number of hydrogen-bond acceptors (Lipinski definition) is 4. The molecule has 0 atom stereocenters. The fraction of sp³-hybridized carbons (Fsp3) is 0.400. The number of nitrogens with one attached hydrogen (secondary N) is 1. The summed E-state index contributed by atoms with van der Waals surface area (Å²) < 4.78 is 0.454. The van der Waals surface area contributed by atoms with Crippen LogP contribution in [-0.4, -0.2) is 22.5 Å². The van der Waals surface area contributed by atoms with Gasteiger partial charge < -0.3 is 11.1 Å². The third kappa shape index (κ3) is 2.37. The van der Waals surface area contributed by atoms with E-state index in [0.717, 1.165) is 29.0 Å². The number of anilines is 2. The average Bonchev–Trinajstić information content (AvgIpc) is 3.18. The molecule has 1 aliphatic carbocycles. The van der Waals surface area contributed by atoms with Gasteiger partial charge in [0, 0.05) is 45.3 Å². The lowest BCUT2D eigenvalue weighted by Crippen LogP contribution is -2.17. The van der Waals surface area contributed by atoms with Crippen molar-refractivity contribution in [3.05, 3.63) is 30.1 Å². The highest BCUT2D eigenvalue weighted by Crippen LogP contribution is 2.47. The number of benzene rings is 1. The second-order valence-corrected chi connectivity index (χ2v) is 6.59. The van der Waals surface area contributed by atoms with Crippen molar-refractivity contribution in [3.63, 3.8) is 0 Å². The van der Waals surface area contributed by atoms with Gasteiger partial charge in [-0.05, 0) is 44.2 Å². The van der Waals surface area contributed by atoms with Crippen molar-refractivity contribution < 1.29 is 0 Å². The number of aryl methyl sites for hydroxylation is 1. The zero-order valence-electron chi connectivity index (χ0n) is 11.4. The molecule has 19 heavy (non-hydrogen) atoms. The van der Waals surface area contributed by atoms with Crippen molar-refractivity contribution in [2.75, 3.05) is 23.9 Å². The standard InChI is InChI=1S/C15H19N3S/c1-10-7-11-12(8-17-10)13(16)3-4-14(11)18-9-15(19-2)5-6-15/h3-4,7-8,18H,5-6,9,16H2,1-2H3. The Bertz CT molecular complexity index is 620. The van der Waals surface area contributed by atoms with Gasteiger partial charge in [0.15, 0.2) is 0 Å². The van der Waals surface area contributed by atoms with Crippen LogP contribution in [-0.2, 0) is 0 Å². The summed E-state index contributed by atoms with van der Waals surface area (Å²) in [4.78, 5) is 4.33. The summed E-state index contributed by atoms with van der Waals surface area (Å²) in [6, 6.07) is 6.14. The van der Waals surface area contributed by atoms with Gasteiger partial charge in [-0.25, -0.2) is 0 Å². The van der Waals surface area contributed by atoms with Gasteiger partial charge >= 0.3 is 0 Å². The molecule has 0 unspecified atom stereocenters. The van der Waals surface area contributed by atoms with Gasteiger partial charge in [-0.1, -0.05) is 0 Å². The molecule has 0 radical (unpaired) electrons. The summed E-state index contributed by atoms with van der Waals surface area (Å²) >= 11 is 1.97. The first-order valence-corrected chi connectivity index (χ1v) is 7.80. The summed E-state index contributed by atoms with van der Waals surface area (Å²) in [5, 5.41) is 5.79. The van der Waals surface area contributed by atoms with E-state index < -0.39 is 0 Å². The van der Waals surface area contributed by atoms with Crippen molar-refractivity contribution in [1.82, 2.24) is 4.98 Å². The van der Waals surface area contributed by atoms with Crippen LogP contribution in [0.25, 0.3) is 10.8 Å². The number of hydrogen-bond donors (Lipinski definition) is 2. The number of thioether (sulfide) groups is 1. The van der Waals surface area contributed by atoms with Crippen LogP contribution in [0.2, 0.25) is 0 Å². The molecule has 0 aliphatic heterocycles. The Morgan fingerprint density at radius 1 is 1.37 bits per heavy atom. The number of rotatable bonds is 4. The highest BCUT2D eigenvalue weighted by atomic mass is 32.2. The molecule has 1 aliphatic rings. The summed E-state index contributed by atoms with van der Waals surface area (Å²) in [5.41, 5.74) is 9.00. The van der Waals surface area contributed by atoms with Gasteiger partial charge in [0.25, 0.3) is 0 Å². The largest absolute Gasteiger partial charge is 0.398 e. The van der Waals surface area contributed by atoms with Gasteiger partial charge in [0.05, 0.1) is 0 Å². The molecule has 1 aromatic carbocycles. The molecule has 0 saturated heterocycles. The predicted molar refractivity (Wildman–Crippen MR) is 84.9 cm³/mol. The van der Waals surface area contributed by atoms with E-state index >= 15 is 0 Å². The minimum atomic E-state index is 0.454. The fourth-order valence-electron chi connectivity index (χ4n) is 2.37. The van der Waals surface area contributed by atoms with Crippen molar-refractivity contribution >= 4 is 33.9 Å². The normalized spacial score (nSPS) is 16.5. The summed E-state index contributed by atoms with van der Waals surface area (Å²) in [6.45, 7) is 3.03. The molecule has 3 nitrogen and oxygen atoms in total. The average molecular weight is 273 g/mol. The van der Waals surface area contributed by atoms with Crippen molar-refractivity contribution in [3.8, 4) is 0 Å². The van der Waals surface area contributed by atoms with Crippen LogP contribution in [0.15, 0.2) is 24.4 Å². The Labute approximate surface area is 118 Å². The van der Waals surface area contributed by atoms with Gasteiger partial charge in [0.2, 0.25) is 0 Å². The van der Waals surface area contributed by atoms with Crippen LogP contribution in [0.5, 0.6) is 0 Å². The van der Waals surface area contributed by atoms with E-state index in [1.54, 1.807) is 0 Å². The summed E-state index contributed by atoms with van der Waals surface area (Å²) in [7, 11) is 0. The monoisotopic (exact) mass is 273 g/mol. The van der Waals surface area contributed by atoms with E-state index in [0.29, 0.717) is 4.75 Å². The fourth-order valence-corrected chi connectivity index (χ4v) is 3.10. The highest BCUT2D eigenvalue weighted by molar-refractivity contribution is 8.00. The van der Waals surface area contributed by atoms with Crippen molar-refractivity contribution in [2.24, 2.45) is 0 Å².